The van der Waals surface area contributed by atoms with Crippen molar-refractivity contribution in [1.29, 1.82) is 0 Å². The molecule has 0 spiro atoms. The highest BCUT2D eigenvalue weighted by molar-refractivity contribution is 5.88. The van der Waals surface area contributed by atoms with Crippen molar-refractivity contribution in [3.63, 3.8) is 0 Å². The standard InChI is InChI=1S/C23H33N7O2/c1-16(26-15-18-13-19(24)14-18)12-17-2-4-20(5-3-17)30-9-6-21(28-23(30)32)27-22(31)29-10-7-25-8-11-29/h2-6,9,16,18-19,25-26H,7-8,10-15,24H2,1H3,(H,27,28,31,32)/t16?,18-,19+. The van der Waals surface area contributed by atoms with E-state index in [1.165, 1.54) is 10.1 Å². The van der Waals surface area contributed by atoms with Gasteiger partial charge in [0.05, 0.1) is 5.69 Å². The van der Waals surface area contributed by atoms with Gasteiger partial charge >= 0.3 is 11.7 Å². The Labute approximate surface area is 188 Å². The summed E-state index contributed by atoms with van der Waals surface area (Å²) in [5.74, 6) is 0.970. The van der Waals surface area contributed by atoms with Crippen LogP contribution in [0.15, 0.2) is 41.3 Å². The molecule has 0 radical (unpaired) electrons. The number of carbonyl (C=O) groups is 1. The Kier molecular flexibility index (Phi) is 7.19. The summed E-state index contributed by atoms with van der Waals surface area (Å²) in [7, 11) is 0. The van der Waals surface area contributed by atoms with Crippen LogP contribution >= 0.6 is 0 Å². The number of carbonyl (C=O) groups excluding carboxylic acids is 1. The Bertz CT molecular complexity index is 963. The summed E-state index contributed by atoms with van der Waals surface area (Å²) in [6.07, 6.45) is 4.80. The molecule has 2 amide bonds. The van der Waals surface area contributed by atoms with Gasteiger partial charge in [-0.1, -0.05) is 12.1 Å². The van der Waals surface area contributed by atoms with Gasteiger partial charge in [-0.2, -0.15) is 4.98 Å². The van der Waals surface area contributed by atoms with Crippen molar-refractivity contribution in [3.8, 4) is 5.69 Å². The Morgan fingerprint density at radius 1 is 1.22 bits per heavy atom. The fourth-order valence-electron chi connectivity index (χ4n) is 4.27. The monoisotopic (exact) mass is 439 g/mol. The number of aromatic nitrogens is 2. The lowest BCUT2D eigenvalue weighted by atomic mass is 9.81. The molecule has 1 atom stereocenters. The smallest absolute Gasteiger partial charge is 0.328 e. The minimum absolute atomic E-state index is 0.233. The fourth-order valence-corrected chi connectivity index (χ4v) is 4.27. The number of benzene rings is 1. The van der Waals surface area contributed by atoms with Crippen LogP contribution in [0.1, 0.15) is 25.3 Å². The van der Waals surface area contributed by atoms with Gasteiger partial charge in [0, 0.05) is 44.5 Å². The van der Waals surface area contributed by atoms with E-state index in [9.17, 15) is 9.59 Å². The summed E-state index contributed by atoms with van der Waals surface area (Å²) in [6, 6.07) is 10.1. The highest BCUT2D eigenvalue weighted by atomic mass is 16.2. The molecule has 2 heterocycles. The van der Waals surface area contributed by atoms with Gasteiger partial charge in [-0.15, -0.1) is 0 Å². The average molecular weight is 440 g/mol. The van der Waals surface area contributed by atoms with Crippen molar-refractivity contribution in [1.82, 2.24) is 25.1 Å². The van der Waals surface area contributed by atoms with Gasteiger partial charge in [0.15, 0.2) is 0 Å². The lowest BCUT2D eigenvalue weighted by Crippen LogP contribution is -2.48. The first-order valence-electron chi connectivity index (χ1n) is 11.4. The van der Waals surface area contributed by atoms with E-state index in [1.807, 2.05) is 24.3 Å². The molecule has 1 aliphatic heterocycles. The van der Waals surface area contributed by atoms with Crippen LogP contribution in [0.3, 0.4) is 0 Å². The number of nitrogens with one attached hydrogen (secondary N) is 3. The van der Waals surface area contributed by atoms with Crippen LogP contribution in [0, 0.1) is 5.92 Å². The zero-order chi connectivity index (χ0) is 22.5. The molecule has 1 aliphatic carbocycles. The Morgan fingerprint density at radius 2 is 1.94 bits per heavy atom. The number of nitrogens with zero attached hydrogens (tertiary/aromatic N) is 3. The number of hydrogen-bond acceptors (Lipinski definition) is 6. The molecule has 1 unspecified atom stereocenters. The predicted molar refractivity (Wildman–Crippen MR) is 125 cm³/mol. The molecule has 5 N–H and O–H groups in total. The molecular weight excluding hydrogens is 406 g/mol. The number of hydrogen-bond donors (Lipinski definition) is 4. The van der Waals surface area contributed by atoms with E-state index in [4.69, 9.17) is 5.73 Å². The topological polar surface area (TPSA) is 117 Å². The number of urea groups is 1. The van der Waals surface area contributed by atoms with E-state index in [-0.39, 0.29) is 11.8 Å². The van der Waals surface area contributed by atoms with Gasteiger partial charge in [0.1, 0.15) is 5.82 Å². The maximum atomic E-state index is 12.5. The number of piperazine rings is 1. The maximum absolute atomic E-state index is 12.5. The van der Waals surface area contributed by atoms with Crippen LogP contribution in [-0.2, 0) is 6.42 Å². The van der Waals surface area contributed by atoms with Crippen LogP contribution in [0.2, 0.25) is 0 Å². The average Bonchev–Trinajstić information content (AvgIpc) is 2.77. The molecule has 2 fully saturated rings. The van der Waals surface area contributed by atoms with Gasteiger partial charge < -0.3 is 21.3 Å². The zero-order valence-electron chi connectivity index (χ0n) is 18.6. The lowest BCUT2D eigenvalue weighted by Gasteiger charge is -2.33. The molecule has 1 saturated carbocycles. The van der Waals surface area contributed by atoms with Crippen molar-refractivity contribution in [2.24, 2.45) is 11.7 Å². The van der Waals surface area contributed by atoms with E-state index in [1.54, 1.807) is 17.2 Å². The predicted octanol–water partition coefficient (Wildman–Crippen LogP) is 0.928. The summed E-state index contributed by atoms with van der Waals surface area (Å²) >= 11 is 0. The minimum atomic E-state index is -0.426. The summed E-state index contributed by atoms with van der Waals surface area (Å²) in [5.41, 5.74) is 7.38. The van der Waals surface area contributed by atoms with Crippen molar-refractivity contribution in [3.05, 3.63) is 52.6 Å². The molecule has 172 valence electrons. The first-order chi connectivity index (χ1) is 15.5. The van der Waals surface area contributed by atoms with Gasteiger partial charge in [0.25, 0.3) is 0 Å². The largest absolute Gasteiger partial charge is 0.354 e. The van der Waals surface area contributed by atoms with Gasteiger partial charge in [-0.3, -0.25) is 9.88 Å². The lowest BCUT2D eigenvalue weighted by molar-refractivity contribution is 0.204. The number of anilines is 1. The van der Waals surface area contributed by atoms with Gasteiger partial charge in [0.2, 0.25) is 0 Å². The second-order valence-electron chi connectivity index (χ2n) is 8.91. The number of amides is 2. The van der Waals surface area contributed by atoms with E-state index in [2.05, 4.69) is 27.9 Å². The summed E-state index contributed by atoms with van der Waals surface area (Å²) < 4.78 is 1.48. The first-order valence-corrected chi connectivity index (χ1v) is 11.4. The quantitative estimate of drug-likeness (QED) is 0.510. The molecule has 32 heavy (non-hydrogen) atoms. The van der Waals surface area contributed by atoms with Crippen molar-refractivity contribution >= 4 is 11.8 Å². The zero-order valence-corrected chi connectivity index (χ0v) is 18.6. The molecule has 1 aromatic heterocycles. The van der Waals surface area contributed by atoms with Gasteiger partial charge in [-0.25, -0.2) is 9.59 Å². The molecular formula is C23H33N7O2. The van der Waals surface area contributed by atoms with Crippen LogP contribution in [0.25, 0.3) is 5.69 Å². The first kappa shape index (κ1) is 22.4. The van der Waals surface area contributed by atoms with Gasteiger partial charge in [-0.05, 0) is 62.4 Å². The Hall–Kier alpha value is -2.75. The number of rotatable bonds is 7. The SMILES string of the molecule is CC(Cc1ccc(-n2ccc(NC(=O)N3CCNCC3)nc2=O)cc1)NC[C@H]1C[C@@H](N)C1. The molecule has 1 saturated heterocycles. The summed E-state index contributed by atoms with van der Waals surface area (Å²) in [4.78, 5) is 30.6. The van der Waals surface area contributed by atoms with E-state index in [0.29, 0.717) is 31.1 Å². The summed E-state index contributed by atoms with van der Waals surface area (Å²) in [6.45, 7) is 6.02. The molecule has 1 aromatic carbocycles. The van der Waals surface area contributed by atoms with Crippen molar-refractivity contribution in [2.45, 2.75) is 38.3 Å². The van der Waals surface area contributed by atoms with E-state index in [0.717, 1.165) is 44.6 Å². The molecule has 0 bridgehead atoms. The summed E-state index contributed by atoms with van der Waals surface area (Å²) in [5, 5.41) is 9.51. The molecule has 2 aliphatic rings. The Morgan fingerprint density at radius 3 is 2.59 bits per heavy atom. The highest BCUT2D eigenvalue weighted by Crippen LogP contribution is 2.24. The normalized spacial score (nSPS) is 21.6. The van der Waals surface area contributed by atoms with Crippen LogP contribution < -0.4 is 27.4 Å². The Balaban J connectivity index is 1.32. The second-order valence-corrected chi connectivity index (χ2v) is 8.91. The third kappa shape index (κ3) is 5.73. The third-order valence-corrected chi connectivity index (χ3v) is 6.23. The van der Waals surface area contributed by atoms with Crippen molar-refractivity contribution < 1.29 is 4.79 Å². The second kappa shape index (κ2) is 10.2. The number of nitrogens with two attached hydrogens (primary N) is 1. The molecule has 2 aromatic rings. The third-order valence-electron chi connectivity index (χ3n) is 6.23. The molecule has 9 nitrogen and oxygen atoms in total. The van der Waals surface area contributed by atoms with Crippen LogP contribution in [0.4, 0.5) is 10.6 Å². The van der Waals surface area contributed by atoms with Crippen molar-refractivity contribution in [2.75, 3.05) is 38.0 Å². The van der Waals surface area contributed by atoms with E-state index < -0.39 is 5.69 Å². The van der Waals surface area contributed by atoms with Crippen LogP contribution in [0.5, 0.6) is 0 Å². The fraction of sp³-hybridized carbons (Fsp3) is 0.522. The van der Waals surface area contributed by atoms with Crippen LogP contribution in [-0.4, -0.2) is 65.3 Å². The maximum Gasteiger partial charge on any atom is 0.354 e. The molecule has 9 heteroatoms. The minimum Gasteiger partial charge on any atom is -0.328 e. The highest BCUT2D eigenvalue weighted by Gasteiger charge is 2.25. The van der Waals surface area contributed by atoms with E-state index >= 15 is 0 Å². The molecule has 4 rings (SSSR count).